The predicted octanol–water partition coefficient (Wildman–Crippen LogP) is 2.33. The zero-order valence-electron chi connectivity index (χ0n) is 12.1. The van der Waals surface area contributed by atoms with Crippen LogP contribution in [0.3, 0.4) is 0 Å². The number of hydrogen-bond acceptors (Lipinski definition) is 5. The molecule has 2 atom stereocenters. The molecule has 0 radical (unpaired) electrons. The molecule has 2 aromatic rings. The Balaban J connectivity index is 2.11. The quantitative estimate of drug-likeness (QED) is 0.677. The molecule has 0 spiro atoms. The van der Waals surface area contributed by atoms with Gasteiger partial charge in [-0.3, -0.25) is 15.1 Å². The fourth-order valence-electron chi connectivity index (χ4n) is 3.08. The summed E-state index contributed by atoms with van der Waals surface area (Å²) in [6, 6.07) is 7.65. The van der Waals surface area contributed by atoms with Gasteiger partial charge < -0.3 is 10.2 Å². The third-order valence-electron chi connectivity index (χ3n) is 3.82. The Kier molecular flexibility index (Phi) is 3.47. The van der Waals surface area contributed by atoms with Gasteiger partial charge in [0.1, 0.15) is 5.52 Å². The summed E-state index contributed by atoms with van der Waals surface area (Å²) in [5, 5.41) is 15.2. The summed E-state index contributed by atoms with van der Waals surface area (Å²) in [5.74, 6) is 0. The van der Waals surface area contributed by atoms with Crippen LogP contribution in [0.5, 0.6) is 0 Å². The number of nitro benzene ring substituents is 1. The number of pyridine rings is 1. The number of hydrogen-bond donors (Lipinski definition) is 1. The second-order valence-corrected chi connectivity index (χ2v) is 5.63. The van der Waals surface area contributed by atoms with Gasteiger partial charge in [0, 0.05) is 37.4 Å². The van der Waals surface area contributed by atoms with E-state index in [2.05, 4.69) is 29.0 Å². The van der Waals surface area contributed by atoms with Gasteiger partial charge in [-0.25, -0.2) is 0 Å². The summed E-state index contributed by atoms with van der Waals surface area (Å²) in [6.45, 7) is 6.02. The van der Waals surface area contributed by atoms with Crippen molar-refractivity contribution in [2.45, 2.75) is 25.9 Å². The Bertz CT molecular complexity index is 678. The molecule has 110 valence electrons. The molecular weight excluding hydrogens is 268 g/mol. The van der Waals surface area contributed by atoms with Crippen LogP contribution in [0.1, 0.15) is 13.8 Å². The van der Waals surface area contributed by atoms with Crippen LogP contribution in [0.15, 0.2) is 30.5 Å². The van der Waals surface area contributed by atoms with Crippen LogP contribution in [-0.2, 0) is 0 Å². The smallest absolute Gasteiger partial charge is 0.278 e. The second-order valence-electron chi connectivity index (χ2n) is 5.63. The van der Waals surface area contributed by atoms with Gasteiger partial charge in [-0.15, -0.1) is 0 Å². The molecule has 1 aliphatic rings. The second kappa shape index (κ2) is 5.29. The van der Waals surface area contributed by atoms with Gasteiger partial charge in [0.25, 0.3) is 5.69 Å². The zero-order valence-corrected chi connectivity index (χ0v) is 12.1. The highest BCUT2D eigenvalue weighted by molar-refractivity contribution is 5.97. The van der Waals surface area contributed by atoms with E-state index in [1.807, 2.05) is 6.07 Å². The Hall–Kier alpha value is -2.21. The van der Waals surface area contributed by atoms with E-state index < -0.39 is 0 Å². The maximum absolute atomic E-state index is 11.2. The molecular formula is C15H18N4O2. The van der Waals surface area contributed by atoms with Gasteiger partial charge in [0.15, 0.2) is 0 Å². The van der Waals surface area contributed by atoms with Crippen LogP contribution in [0.2, 0.25) is 0 Å². The largest absolute Gasteiger partial charge is 0.367 e. The molecule has 6 heteroatoms. The number of anilines is 1. The van der Waals surface area contributed by atoms with Crippen LogP contribution in [0.4, 0.5) is 11.4 Å². The first-order valence-electron chi connectivity index (χ1n) is 7.09. The number of benzene rings is 1. The molecule has 1 aliphatic heterocycles. The lowest BCUT2D eigenvalue weighted by atomic mass is 10.1. The standard InChI is InChI=1S/C15H18N4O2/c1-10-8-18(9-11(2)17-10)14-6-5-13(19(20)21)12-4-3-7-16-15(12)14/h3-7,10-11,17H,8-9H2,1-2H3/t10-,11-/m1/s1. The number of piperazine rings is 1. The van der Waals surface area contributed by atoms with Gasteiger partial charge in [-0.1, -0.05) is 0 Å². The topological polar surface area (TPSA) is 71.3 Å². The maximum atomic E-state index is 11.2. The van der Waals surface area contributed by atoms with Crippen molar-refractivity contribution in [3.63, 3.8) is 0 Å². The van der Waals surface area contributed by atoms with Gasteiger partial charge in [0.05, 0.1) is 16.0 Å². The van der Waals surface area contributed by atoms with Crippen molar-refractivity contribution in [3.05, 3.63) is 40.6 Å². The maximum Gasteiger partial charge on any atom is 0.278 e. The molecule has 0 unspecified atom stereocenters. The van der Waals surface area contributed by atoms with Crippen LogP contribution in [0, 0.1) is 10.1 Å². The minimum Gasteiger partial charge on any atom is -0.367 e. The fraction of sp³-hybridized carbons (Fsp3) is 0.400. The molecule has 0 aliphatic carbocycles. The summed E-state index contributed by atoms with van der Waals surface area (Å²) >= 11 is 0. The minimum absolute atomic E-state index is 0.109. The van der Waals surface area contributed by atoms with E-state index in [-0.39, 0.29) is 10.6 Å². The highest BCUT2D eigenvalue weighted by Gasteiger charge is 2.24. The monoisotopic (exact) mass is 286 g/mol. The third kappa shape index (κ3) is 2.54. The number of non-ortho nitro benzene ring substituents is 1. The molecule has 1 fully saturated rings. The molecule has 3 rings (SSSR count). The van der Waals surface area contributed by atoms with E-state index >= 15 is 0 Å². The predicted molar refractivity (Wildman–Crippen MR) is 82.7 cm³/mol. The zero-order chi connectivity index (χ0) is 15.0. The highest BCUT2D eigenvalue weighted by Crippen LogP contribution is 2.32. The first kappa shape index (κ1) is 13.8. The Labute approximate surface area is 122 Å². The molecule has 2 heterocycles. The van der Waals surface area contributed by atoms with Crippen LogP contribution in [0.25, 0.3) is 10.9 Å². The van der Waals surface area contributed by atoms with Crippen molar-refractivity contribution in [2.24, 2.45) is 0 Å². The molecule has 1 saturated heterocycles. The van der Waals surface area contributed by atoms with Gasteiger partial charge in [-0.05, 0) is 32.0 Å². The van der Waals surface area contributed by atoms with Crippen molar-refractivity contribution in [3.8, 4) is 0 Å². The lowest BCUT2D eigenvalue weighted by molar-refractivity contribution is -0.383. The SMILES string of the molecule is C[C@@H]1CN(c2ccc([N+](=O)[O-])c3cccnc23)C[C@@H](C)N1. The third-order valence-corrected chi connectivity index (χ3v) is 3.82. The van der Waals surface area contributed by atoms with E-state index in [0.29, 0.717) is 23.0 Å². The lowest BCUT2D eigenvalue weighted by Crippen LogP contribution is -2.54. The molecule has 21 heavy (non-hydrogen) atoms. The molecule has 1 N–H and O–H groups in total. The van der Waals surface area contributed by atoms with Crippen molar-refractivity contribution in [1.82, 2.24) is 10.3 Å². The summed E-state index contributed by atoms with van der Waals surface area (Å²) in [5.41, 5.74) is 1.78. The first-order valence-corrected chi connectivity index (χ1v) is 7.09. The molecule has 1 aromatic heterocycles. The average Bonchev–Trinajstić information content (AvgIpc) is 2.44. The number of fused-ring (bicyclic) bond motifs is 1. The molecule has 0 bridgehead atoms. The molecule has 0 amide bonds. The molecule has 6 nitrogen and oxygen atoms in total. The summed E-state index contributed by atoms with van der Waals surface area (Å²) in [7, 11) is 0. The van der Waals surface area contributed by atoms with E-state index in [1.54, 1.807) is 24.4 Å². The van der Waals surface area contributed by atoms with Gasteiger partial charge in [0.2, 0.25) is 0 Å². The molecule has 0 saturated carbocycles. The van der Waals surface area contributed by atoms with Crippen molar-refractivity contribution >= 4 is 22.3 Å². The van der Waals surface area contributed by atoms with E-state index in [9.17, 15) is 10.1 Å². The van der Waals surface area contributed by atoms with Crippen molar-refractivity contribution in [2.75, 3.05) is 18.0 Å². The number of rotatable bonds is 2. The fourth-order valence-corrected chi connectivity index (χ4v) is 3.08. The highest BCUT2D eigenvalue weighted by atomic mass is 16.6. The number of nitrogens with zero attached hydrogens (tertiary/aromatic N) is 3. The van der Waals surface area contributed by atoms with Crippen LogP contribution < -0.4 is 10.2 Å². The first-order chi connectivity index (χ1) is 10.1. The summed E-state index contributed by atoms with van der Waals surface area (Å²) in [4.78, 5) is 17.4. The summed E-state index contributed by atoms with van der Waals surface area (Å²) in [6.07, 6.45) is 1.69. The van der Waals surface area contributed by atoms with E-state index in [1.165, 1.54) is 0 Å². The number of nitrogens with one attached hydrogen (secondary N) is 1. The van der Waals surface area contributed by atoms with Crippen molar-refractivity contribution in [1.29, 1.82) is 0 Å². The van der Waals surface area contributed by atoms with Gasteiger partial charge >= 0.3 is 0 Å². The van der Waals surface area contributed by atoms with E-state index in [4.69, 9.17) is 0 Å². The average molecular weight is 286 g/mol. The Morgan fingerprint density at radius 3 is 2.67 bits per heavy atom. The Morgan fingerprint density at radius 1 is 1.29 bits per heavy atom. The summed E-state index contributed by atoms with van der Waals surface area (Å²) < 4.78 is 0. The lowest BCUT2D eigenvalue weighted by Gasteiger charge is -2.37. The van der Waals surface area contributed by atoms with Crippen LogP contribution in [-0.4, -0.2) is 35.1 Å². The van der Waals surface area contributed by atoms with Crippen LogP contribution >= 0.6 is 0 Å². The van der Waals surface area contributed by atoms with E-state index in [0.717, 1.165) is 18.8 Å². The number of nitro groups is 1. The molecule has 1 aromatic carbocycles. The minimum atomic E-state index is -0.350. The number of aromatic nitrogens is 1. The van der Waals surface area contributed by atoms with Gasteiger partial charge in [-0.2, -0.15) is 0 Å². The van der Waals surface area contributed by atoms with Crippen molar-refractivity contribution < 1.29 is 4.92 Å². The normalized spacial score (nSPS) is 22.5. The Morgan fingerprint density at radius 2 is 2.00 bits per heavy atom.